The van der Waals surface area contributed by atoms with Crippen LogP contribution < -0.4 is 0 Å². The number of allylic oxidation sites excluding steroid dienone is 7. The molecule has 2 aromatic rings. The molecule has 1 saturated heterocycles. The molecule has 5 aliphatic rings. The van der Waals surface area contributed by atoms with Gasteiger partial charge in [-0.3, -0.25) is 0 Å². The summed E-state index contributed by atoms with van der Waals surface area (Å²) in [6.07, 6.45) is 17.8. The SMILES string of the molecule is C/C=C(\C1CC1c1ccc2c(c1)CCC2)I1C2=C(C=CC(c3ccc(C)cc3)=CC2)N2CCC1(C)C2. The fourth-order valence-corrected chi connectivity index (χ4v) is 16.4. The first-order chi connectivity index (χ1) is 17.5. The second-order valence-electron chi connectivity index (χ2n) is 11.7. The maximum absolute atomic E-state index is 2.73. The third-order valence-electron chi connectivity index (χ3n) is 9.22. The zero-order valence-electron chi connectivity index (χ0n) is 22.0. The summed E-state index contributed by atoms with van der Waals surface area (Å²) < 4.78 is 4.23. The first-order valence-electron chi connectivity index (χ1n) is 14.0. The average molecular weight is 588 g/mol. The Morgan fingerprint density at radius 1 is 1.06 bits per heavy atom. The zero-order valence-corrected chi connectivity index (χ0v) is 24.1. The Bertz CT molecular complexity index is 1340. The quantitative estimate of drug-likeness (QED) is 0.256. The topological polar surface area (TPSA) is 3.24 Å². The molecule has 2 aliphatic heterocycles. The van der Waals surface area contributed by atoms with Gasteiger partial charge in [-0.2, -0.15) is 0 Å². The Hall–Kier alpha value is -2.07. The molecule has 3 atom stereocenters. The van der Waals surface area contributed by atoms with Crippen LogP contribution in [0.15, 0.2) is 79.6 Å². The Kier molecular flexibility index (Phi) is 5.61. The van der Waals surface area contributed by atoms with Gasteiger partial charge < -0.3 is 0 Å². The van der Waals surface area contributed by atoms with Crippen LogP contribution in [0.5, 0.6) is 0 Å². The molecule has 7 rings (SSSR count). The van der Waals surface area contributed by atoms with Gasteiger partial charge in [0.25, 0.3) is 0 Å². The predicted molar refractivity (Wildman–Crippen MR) is 162 cm³/mol. The summed E-state index contributed by atoms with van der Waals surface area (Å²) in [5.41, 5.74) is 10.5. The van der Waals surface area contributed by atoms with E-state index in [2.05, 4.69) is 92.4 Å². The second kappa shape index (κ2) is 8.75. The summed E-state index contributed by atoms with van der Waals surface area (Å²) in [4.78, 5) is 2.73. The summed E-state index contributed by atoms with van der Waals surface area (Å²) in [6.45, 7) is 9.69. The molecule has 0 amide bonds. The third-order valence-corrected chi connectivity index (χ3v) is 17.7. The molecule has 1 nitrogen and oxygen atoms in total. The van der Waals surface area contributed by atoms with E-state index in [1.165, 1.54) is 61.9 Å². The molecule has 2 heterocycles. The predicted octanol–water partition coefficient (Wildman–Crippen LogP) is 8.73. The van der Waals surface area contributed by atoms with Crippen molar-refractivity contribution in [2.24, 2.45) is 5.92 Å². The monoisotopic (exact) mass is 587 g/mol. The Morgan fingerprint density at radius 3 is 2.72 bits per heavy atom. The molecule has 0 spiro atoms. The Balaban J connectivity index is 1.22. The van der Waals surface area contributed by atoms with Crippen LogP contribution >= 0.6 is 19.8 Å². The number of hydrogen-bond donors (Lipinski definition) is 0. The van der Waals surface area contributed by atoms with Crippen molar-refractivity contribution in [2.75, 3.05) is 13.1 Å². The maximum atomic E-state index is 2.73. The molecule has 0 aromatic heterocycles. The van der Waals surface area contributed by atoms with Crippen molar-refractivity contribution >= 4 is 25.4 Å². The van der Waals surface area contributed by atoms with E-state index in [1.807, 2.05) is 7.16 Å². The van der Waals surface area contributed by atoms with Gasteiger partial charge in [-0.15, -0.1) is 0 Å². The van der Waals surface area contributed by atoms with Gasteiger partial charge in [-0.05, 0) is 0 Å². The average Bonchev–Trinajstić information content (AvgIpc) is 3.47. The number of nitrogens with zero attached hydrogens (tertiary/aromatic N) is 1. The van der Waals surface area contributed by atoms with Gasteiger partial charge in [0.15, 0.2) is 0 Å². The number of fused-ring (bicyclic) bond motifs is 4. The molecular formula is C34H38IN. The van der Waals surface area contributed by atoms with Crippen LogP contribution in [0.4, 0.5) is 0 Å². The van der Waals surface area contributed by atoms with Gasteiger partial charge in [0.05, 0.1) is 0 Å². The van der Waals surface area contributed by atoms with Crippen molar-refractivity contribution in [1.29, 1.82) is 0 Å². The number of alkyl halides is 1. The molecule has 36 heavy (non-hydrogen) atoms. The van der Waals surface area contributed by atoms with E-state index < -0.39 is 19.8 Å². The van der Waals surface area contributed by atoms with Gasteiger partial charge in [-0.25, -0.2) is 0 Å². The number of benzene rings is 2. The van der Waals surface area contributed by atoms with E-state index in [0.717, 1.165) is 18.3 Å². The van der Waals surface area contributed by atoms with Crippen molar-refractivity contribution in [2.45, 2.75) is 68.6 Å². The third kappa shape index (κ3) is 3.78. The van der Waals surface area contributed by atoms with Crippen molar-refractivity contribution in [1.82, 2.24) is 4.90 Å². The summed E-state index contributed by atoms with van der Waals surface area (Å²) in [6, 6.07) is 16.6. The minimum atomic E-state index is -1.54. The summed E-state index contributed by atoms with van der Waals surface area (Å²) in [5.74, 6) is 1.54. The van der Waals surface area contributed by atoms with Gasteiger partial charge in [-0.1, -0.05) is 0 Å². The molecule has 3 unspecified atom stereocenters. The molecule has 186 valence electrons. The van der Waals surface area contributed by atoms with E-state index in [-0.39, 0.29) is 0 Å². The van der Waals surface area contributed by atoms with Crippen LogP contribution in [0.1, 0.15) is 73.3 Å². The molecular weight excluding hydrogens is 549 g/mol. The Labute approximate surface area is 224 Å². The van der Waals surface area contributed by atoms with E-state index in [0.29, 0.717) is 3.42 Å². The van der Waals surface area contributed by atoms with Crippen LogP contribution in [-0.2, 0) is 12.8 Å². The molecule has 2 bridgehead atoms. The molecule has 0 N–H and O–H groups in total. The standard InChI is InChI=1S/C34H38IN/c1-4-31(30-21-29(30)28-13-12-24-6-5-7-27(24)20-28)35-32-16-14-26(25-10-8-23(2)9-11-25)15-17-33(32)36-19-18-34(35,3)22-36/h4,8-15,17,20,29-30H,5-7,16,18-19,21-22H2,1-3H3/b31-4+. The van der Waals surface area contributed by atoms with E-state index >= 15 is 0 Å². The number of rotatable bonds is 4. The number of aryl methyl sites for hydroxylation is 3. The first kappa shape index (κ1) is 23.1. The number of hydrogen-bond acceptors (Lipinski definition) is 1. The van der Waals surface area contributed by atoms with Crippen molar-refractivity contribution in [3.05, 3.63) is 107 Å². The van der Waals surface area contributed by atoms with E-state index in [1.54, 1.807) is 22.4 Å². The molecule has 2 fully saturated rings. The minimum absolute atomic E-state index is 0.506. The molecule has 0 radical (unpaired) electrons. The van der Waals surface area contributed by atoms with Crippen molar-refractivity contribution in [3.8, 4) is 0 Å². The van der Waals surface area contributed by atoms with Gasteiger partial charge in [0.2, 0.25) is 0 Å². The summed E-state index contributed by atoms with van der Waals surface area (Å²) in [5, 5.41) is 0. The first-order valence-corrected chi connectivity index (χ1v) is 17.2. The second-order valence-corrected chi connectivity index (χ2v) is 18.5. The fraction of sp³-hybridized carbons (Fsp3) is 0.412. The van der Waals surface area contributed by atoms with E-state index in [9.17, 15) is 0 Å². The zero-order chi connectivity index (χ0) is 24.4. The summed E-state index contributed by atoms with van der Waals surface area (Å²) >= 11 is -1.54. The Morgan fingerprint density at radius 2 is 1.89 bits per heavy atom. The molecule has 3 aliphatic carbocycles. The van der Waals surface area contributed by atoms with Crippen LogP contribution in [-0.4, -0.2) is 21.4 Å². The van der Waals surface area contributed by atoms with Crippen LogP contribution in [0.25, 0.3) is 5.57 Å². The fourth-order valence-electron chi connectivity index (χ4n) is 7.15. The molecule has 2 heteroatoms. The molecule has 1 saturated carbocycles. The molecule has 2 aromatic carbocycles. The van der Waals surface area contributed by atoms with Gasteiger partial charge in [0, 0.05) is 0 Å². The summed E-state index contributed by atoms with van der Waals surface area (Å²) in [7, 11) is 0. The van der Waals surface area contributed by atoms with Crippen molar-refractivity contribution in [3.63, 3.8) is 0 Å². The normalized spacial score (nSPS) is 29.8. The van der Waals surface area contributed by atoms with Crippen LogP contribution in [0, 0.1) is 12.8 Å². The van der Waals surface area contributed by atoms with Crippen LogP contribution in [0.3, 0.4) is 0 Å². The van der Waals surface area contributed by atoms with E-state index in [4.69, 9.17) is 0 Å². The van der Waals surface area contributed by atoms with Crippen LogP contribution in [0.2, 0.25) is 0 Å². The van der Waals surface area contributed by atoms with Crippen molar-refractivity contribution < 1.29 is 0 Å². The van der Waals surface area contributed by atoms with Gasteiger partial charge >= 0.3 is 225 Å². The van der Waals surface area contributed by atoms with Gasteiger partial charge in [0.1, 0.15) is 0 Å². The number of halogens is 1.